The minimum atomic E-state index is -3.71. The van der Waals surface area contributed by atoms with Gasteiger partial charge < -0.3 is 14.5 Å². The summed E-state index contributed by atoms with van der Waals surface area (Å²) in [7, 11) is -0.552. The van der Waals surface area contributed by atoms with E-state index < -0.39 is 10.0 Å². The molecule has 1 saturated heterocycles. The number of ether oxygens (including phenoxy) is 1. The van der Waals surface area contributed by atoms with Crippen LogP contribution in [0.4, 0.5) is 11.4 Å². The number of hydrogen-bond donors (Lipinski definition) is 0. The number of methoxy groups -OCH3 is 1. The van der Waals surface area contributed by atoms with Gasteiger partial charge in [-0.2, -0.15) is 0 Å². The number of rotatable bonds is 7. The Labute approximate surface area is 211 Å². The fourth-order valence-corrected chi connectivity index (χ4v) is 5.34. The van der Waals surface area contributed by atoms with Crippen molar-refractivity contribution in [3.05, 3.63) is 83.4 Å². The summed E-state index contributed by atoms with van der Waals surface area (Å²) in [6, 6.07) is 21.0. The van der Waals surface area contributed by atoms with E-state index in [-0.39, 0.29) is 17.2 Å². The third kappa shape index (κ3) is 5.71. The first-order valence-electron chi connectivity index (χ1n) is 11.3. The van der Waals surface area contributed by atoms with Crippen LogP contribution in [0, 0.1) is 0 Å². The zero-order valence-electron chi connectivity index (χ0n) is 19.7. The number of amides is 1. The summed E-state index contributed by atoms with van der Waals surface area (Å²) >= 11 is 5.87. The zero-order valence-corrected chi connectivity index (χ0v) is 21.3. The molecule has 3 aromatic rings. The molecule has 4 rings (SSSR count). The molecular weight excluding hydrogens is 486 g/mol. The Kier molecular flexibility index (Phi) is 7.52. The predicted molar refractivity (Wildman–Crippen MR) is 139 cm³/mol. The second-order valence-electron chi connectivity index (χ2n) is 8.34. The average Bonchev–Trinajstić information content (AvgIpc) is 2.89. The first-order valence-corrected chi connectivity index (χ1v) is 13.1. The standard InChI is InChI=1S/C26H28ClN3O4S/c1-28(35(32,33)25-13-5-21(27)6-14-25)22-7-3-20(4-8-22)19-26(31)30-17-15-29(16-18-30)23-9-11-24(34-2)12-10-23/h3-14H,15-19H2,1-2H3. The maximum Gasteiger partial charge on any atom is 0.264 e. The molecule has 0 saturated carbocycles. The van der Waals surface area contributed by atoms with Crippen molar-refractivity contribution in [1.82, 2.24) is 4.90 Å². The fourth-order valence-electron chi connectivity index (χ4n) is 4.02. The van der Waals surface area contributed by atoms with E-state index in [2.05, 4.69) is 4.90 Å². The summed E-state index contributed by atoms with van der Waals surface area (Å²) < 4.78 is 32.2. The molecule has 184 valence electrons. The molecule has 0 N–H and O–H groups in total. The molecule has 0 aromatic heterocycles. The number of piperazine rings is 1. The van der Waals surface area contributed by atoms with Gasteiger partial charge in [-0.05, 0) is 66.2 Å². The third-order valence-corrected chi connectivity index (χ3v) is 8.25. The van der Waals surface area contributed by atoms with Crippen molar-refractivity contribution >= 4 is 38.9 Å². The molecule has 1 fully saturated rings. The lowest BCUT2D eigenvalue weighted by Gasteiger charge is -2.36. The molecule has 1 aliphatic heterocycles. The molecule has 1 amide bonds. The summed E-state index contributed by atoms with van der Waals surface area (Å²) in [5.74, 6) is 0.886. The van der Waals surface area contributed by atoms with E-state index in [4.69, 9.17) is 16.3 Å². The second kappa shape index (κ2) is 10.6. The van der Waals surface area contributed by atoms with E-state index in [1.165, 1.54) is 23.5 Å². The number of carbonyl (C=O) groups is 1. The smallest absolute Gasteiger partial charge is 0.264 e. The summed E-state index contributed by atoms with van der Waals surface area (Å²) in [5, 5.41) is 0.475. The quantitative estimate of drug-likeness (QED) is 0.476. The molecule has 0 spiro atoms. The predicted octanol–water partition coefficient (Wildman–Crippen LogP) is 4.07. The lowest BCUT2D eigenvalue weighted by Crippen LogP contribution is -2.49. The van der Waals surface area contributed by atoms with Gasteiger partial charge in [0, 0.05) is 43.9 Å². The van der Waals surface area contributed by atoms with Gasteiger partial charge in [0.25, 0.3) is 10.0 Å². The molecular formula is C26H28ClN3O4S. The van der Waals surface area contributed by atoms with Crippen molar-refractivity contribution in [2.75, 3.05) is 49.5 Å². The summed E-state index contributed by atoms with van der Waals surface area (Å²) in [5.41, 5.74) is 2.48. The van der Waals surface area contributed by atoms with Crippen LogP contribution in [0.2, 0.25) is 5.02 Å². The first-order chi connectivity index (χ1) is 16.8. The van der Waals surface area contributed by atoms with Gasteiger partial charge in [-0.25, -0.2) is 8.42 Å². The number of benzene rings is 3. The number of halogens is 1. The Balaban J connectivity index is 1.33. The monoisotopic (exact) mass is 513 g/mol. The number of sulfonamides is 1. The Morgan fingerprint density at radius 3 is 2.09 bits per heavy atom. The van der Waals surface area contributed by atoms with Gasteiger partial charge in [0.05, 0.1) is 24.1 Å². The molecule has 0 bridgehead atoms. The van der Waals surface area contributed by atoms with Crippen LogP contribution < -0.4 is 13.9 Å². The van der Waals surface area contributed by atoms with Crippen molar-refractivity contribution in [3.63, 3.8) is 0 Å². The third-order valence-electron chi connectivity index (χ3n) is 6.20. The average molecular weight is 514 g/mol. The zero-order chi connectivity index (χ0) is 25.0. The largest absolute Gasteiger partial charge is 0.497 e. The van der Waals surface area contributed by atoms with Crippen molar-refractivity contribution < 1.29 is 17.9 Å². The molecule has 1 heterocycles. The summed E-state index contributed by atoms with van der Waals surface area (Å²) in [4.78, 5) is 17.2. The molecule has 3 aromatic carbocycles. The van der Waals surface area contributed by atoms with E-state index in [0.717, 1.165) is 30.1 Å². The molecule has 0 aliphatic carbocycles. The number of hydrogen-bond acceptors (Lipinski definition) is 5. The van der Waals surface area contributed by atoms with Crippen LogP contribution in [0.5, 0.6) is 5.75 Å². The van der Waals surface area contributed by atoms with E-state index in [1.54, 1.807) is 43.5 Å². The van der Waals surface area contributed by atoms with Crippen LogP contribution in [0.25, 0.3) is 0 Å². The molecule has 35 heavy (non-hydrogen) atoms. The lowest BCUT2D eigenvalue weighted by atomic mass is 10.1. The van der Waals surface area contributed by atoms with E-state index in [1.807, 2.05) is 29.2 Å². The Bertz CT molecular complexity index is 1260. The molecule has 0 atom stereocenters. The minimum absolute atomic E-state index is 0.0641. The van der Waals surface area contributed by atoms with E-state index in [9.17, 15) is 13.2 Å². The summed E-state index contributed by atoms with van der Waals surface area (Å²) in [6.07, 6.45) is 0.274. The Morgan fingerprint density at radius 2 is 1.51 bits per heavy atom. The highest BCUT2D eigenvalue weighted by atomic mass is 35.5. The Hall–Kier alpha value is -3.23. The number of anilines is 2. The van der Waals surface area contributed by atoms with Crippen LogP contribution in [-0.4, -0.2) is 59.6 Å². The van der Waals surface area contributed by atoms with Crippen LogP contribution >= 0.6 is 11.6 Å². The van der Waals surface area contributed by atoms with E-state index >= 15 is 0 Å². The van der Waals surface area contributed by atoms with Crippen LogP contribution in [-0.2, 0) is 21.2 Å². The van der Waals surface area contributed by atoms with Crippen LogP contribution in [0.3, 0.4) is 0 Å². The van der Waals surface area contributed by atoms with Crippen LogP contribution in [0.1, 0.15) is 5.56 Å². The molecule has 0 unspecified atom stereocenters. The minimum Gasteiger partial charge on any atom is -0.497 e. The topological polar surface area (TPSA) is 70.2 Å². The lowest BCUT2D eigenvalue weighted by molar-refractivity contribution is -0.130. The molecule has 1 aliphatic rings. The number of nitrogens with zero attached hydrogens (tertiary/aromatic N) is 3. The normalized spacial score (nSPS) is 14.0. The van der Waals surface area contributed by atoms with Crippen molar-refractivity contribution in [1.29, 1.82) is 0 Å². The van der Waals surface area contributed by atoms with E-state index in [0.29, 0.717) is 23.8 Å². The van der Waals surface area contributed by atoms with Gasteiger partial charge in [0.1, 0.15) is 5.75 Å². The van der Waals surface area contributed by atoms with Crippen molar-refractivity contribution in [2.45, 2.75) is 11.3 Å². The SMILES string of the molecule is COc1ccc(N2CCN(C(=O)Cc3ccc(N(C)S(=O)(=O)c4ccc(Cl)cc4)cc3)CC2)cc1. The molecule has 7 nitrogen and oxygen atoms in total. The van der Waals surface area contributed by atoms with Gasteiger partial charge in [0.2, 0.25) is 5.91 Å². The maximum atomic E-state index is 12.9. The highest BCUT2D eigenvalue weighted by Gasteiger charge is 2.23. The van der Waals surface area contributed by atoms with Gasteiger partial charge in [0.15, 0.2) is 0 Å². The molecule has 9 heteroatoms. The van der Waals surface area contributed by atoms with Gasteiger partial charge >= 0.3 is 0 Å². The summed E-state index contributed by atoms with van der Waals surface area (Å²) in [6.45, 7) is 2.85. The highest BCUT2D eigenvalue weighted by Crippen LogP contribution is 2.24. The second-order valence-corrected chi connectivity index (χ2v) is 10.7. The Morgan fingerprint density at radius 1 is 0.914 bits per heavy atom. The molecule has 0 radical (unpaired) electrons. The van der Waals surface area contributed by atoms with Crippen molar-refractivity contribution in [3.8, 4) is 5.75 Å². The van der Waals surface area contributed by atoms with Gasteiger partial charge in [-0.3, -0.25) is 9.10 Å². The highest BCUT2D eigenvalue weighted by molar-refractivity contribution is 7.92. The maximum absolute atomic E-state index is 12.9. The first kappa shape index (κ1) is 24.9. The van der Waals surface area contributed by atoms with Gasteiger partial charge in [-0.1, -0.05) is 23.7 Å². The van der Waals surface area contributed by atoms with Crippen LogP contribution in [0.15, 0.2) is 77.7 Å². The van der Waals surface area contributed by atoms with Gasteiger partial charge in [-0.15, -0.1) is 0 Å². The fraction of sp³-hybridized carbons (Fsp3) is 0.269. The number of carbonyl (C=O) groups excluding carboxylic acids is 1. The van der Waals surface area contributed by atoms with Crippen molar-refractivity contribution in [2.24, 2.45) is 0 Å².